The zero-order valence-electron chi connectivity index (χ0n) is 14.8. The summed E-state index contributed by atoms with van der Waals surface area (Å²) >= 11 is 2.65. The van der Waals surface area contributed by atoms with Gasteiger partial charge in [0.1, 0.15) is 5.00 Å². The number of ether oxygens (including phenoxy) is 1. The summed E-state index contributed by atoms with van der Waals surface area (Å²) < 4.78 is 5.20. The predicted octanol–water partition coefficient (Wildman–Crippen LogP) is 2.41. The average Bonchev–Trinajstić information content (AvgIpc) is 3.35. The van der Waals surface area contributed by atoms with Crippen LogP contribution in [0.1, 0.15) is 10.4 Å². The third-order valence-corrected chi connectivity index (χ3v) is 6.33. The Bertz CT molecular complexity index is 885. The summed E-state index contributed by atoms with van der Waals surface area (Å²) in [6, 6.07) is 8.81. The number of hydrogen-bond acceptors (Lipinski definition) is 7. The topological polar surface area (TPSA) is 99.8 Å². The fourth-order valence-corrected chi connectivity index (χ4v) is 4.68. The van der Waals surface area contributed by atoms with Crippen molar-refractivity contribution in [3.05, 3.63) is 41.3 Å². The van der Waals surface area contributed by atoms with Crippen LogP contribution in [-0.4, -0.2) is 54.4 Å². The average molecular weight is 419 g/mol. The fourth-order valence-electron chi connectivity index (χ4n) is 2.88. The van der Waals surface area contributed by atoms with Crippen LogP contribution in [0.3, 0.4) is 0 Å². The first-order chi connectivity index (χ1) is 13.6. The number of benzene rings is 1. The number of hydrogen-bond donors (Lipinski definition) is 3. The molecule has 3 heterocycles. The number of nitrogens with one attached hydrogen (secondary N) is 3. The highest BCUT2D eigenvalue weighted by molar-refractivity contribution is 8.01. The molecule has 1 aromatic carbocycles. The molecule has 3 N–H and O–H groups in total. The maximum Gasteiger partial charge on any atom is 0.324 e. The van der Waals surface area contributed by atoms with E-state index >= 15 is 0 Å². The van der Waals surface area contributed by atoms with Crippen molar-refractivity contribution in [3.8, 4) is 0 Å². The molecule has 146 valence electrons. The molecule has 1 saturated heterocycles. The Hall–Kier alpha value is -2.56. The van der Waals surface area contributed by atoms with E-state index in [9.17, 15) is 14.4 Å². The summed E-state index contributed by atoms with van der Waals surface area (Å²) in [5, 5.41) is 9.95. The third kappa shape index (κ3) is 3.98. The summed E-state index contributed by atoms with van der Waals surface area (Å²) in [4.78, 5) is 39.9. The molecule has 8 nitrogen and oxygen atoms in total. The zero-order chi connectivity index (χ0) is 19.5. The summed E-state index contributed by atoms with van der Waals surface area (Å²) in [6.45, 7) is 1.79. The molecular formula is C18H18N4O4S2. The summed E-state index contributed by atoms with van der Waals surface area (Å²) in [5.74, 6) is -0.791. The molecular weight excluding hydrogens is 400 g/mol. The normalized spacial score (nSPS) is 18.1. The lowest BCUT2D eigenvalue weighted by molar-refractivity contribution is -0.115. The van der Waals surface area contributed by atoms with Crippen LogP contribution in [0.2, 0.25) is 0 Å². The van der Waals surface area contributed by atoms with Crippen LogP contribution in [0.4, 0.5) is 15.5 Å². The lowest BCUT2D eigenvalue weighted by Gasteiger charge is -2.26. The van der Waals surface area contributed by atoms with Crippen molar-refractivity contribution in [1.82, 2.24) is 10.2 Å². The van der Waals surface area contributed by atoms with Crippen molar-refractivity contribution < 1.29 is 19.1 Å². The third-order valence-electron chi connectivity index (χ3n) is 4.32. The largest absolute Gasteiger partial charge is 0.378 e. The molecule has 0 aliphatic carbocycles. The van der Waals surface area contributed by atoms with Gasteiger partial charge in [-0.15, -0.1) is 11.3 Å². The van der Waals surface area contributed by atoms with E-state index in [-0.39, 0.29) is 11.5 Å². The van der Waals surface area contributed by atoms with Gasteiger partial charge in [-0.3, -0.25) is 14.9 Å². The Labute approximate surface area is 169 Å². The van der Waals surface area contributed by atoms with E-state index in [0.29, 0.717) is 31.3 Å². The molecule has 28 heavy (non-hydrogen) atoms. The SMILES string of the molecule is O=C(NC(=O)N1CCOCC1)c1ccsc1NC(=O)C1Nc2ccccc2S1. The maximum atomic E-state index is 12.6. The summed E-state index contributed by atoms with van der Waals surface area (Å²) in [5.41, 5.74) is 1.17. The molecule has 0 spiro atoms. The monoisotopic (exact) mass is 418 g/mol. The van der Waals surface area contributed by atoms with Crippen LogP contribution in [0.5, 0.6) is 0 Å². The first kappa shape index (κ1) is 18.8. The molecule has 4 rings (SSSR count). The quantitative estimate of drug-likeness (QED) is 0.708. The number of thioether (sulfide) groups is 1. The zero-order valence-corrected chi connectivity index (χ0v) is 16.4. The molecule has 4 amide bonds. The molecule has 1 atom stereocenters. The number of para-hydroxylation sites is 1. The Morgan fingerprint density at radius 3 is 2.71 bits per heavy atom. The van der Waals surface area contributed by atoms with Gasteiger partial charge < -0.3 is 20.3 Å². The van der Waals surface area contributed by atoms with Gasteiger partial charge in [-0.2, -0.15) is 0 Å². The first-order valence-electron chi connectivity index (χ1n) is 8.70. The highest BCUT2D eigenvalue weighted by Gasteiger charge is 2.29. The molecule has 0 bridgehead atoms. The molecule has 0 radical (unpaired) electrons. The number of morpholine rings is 1. The lowest BCUT2D eigenvalue weighted by Crippen LogP contribution is -2.48. The second kappa shape index (κ2) is 8.21. The number of amides is 4. The highest BCUT2D eigenvalue weighted by atomic mass is 32.2. The van der Waals surface area contributed by atoms with Gasteiger partial charge in [0.15, 0.2) is 5.37 Å². The molecule has 2 aromatic rings. The first-order valence-corrected chi connectivity index (χ1v) is 10.5. The number of nitrogens with zero attached hydrogens (tertiary/aromatic N) is 1. The minimum Gasteiger partial charge on any atom is -0.378 e. The highest BCUT2D eigenvalue weighted by Crippen LogP contribution is 2.38. The molecule has 10 heteroatoms. The lowest BCUT2D eigenvalue weighted by atomic mass is 10.3. The van der Waals surface area contributed by atoms with Gasteiger partial charge >= 0.3 is 6.03 Å². The molecule has 1 fully saturated rings. The van der Waals surface area contributed by atoms with Gasteiger partial charge in [-0.05, 0) is 23.6 Å². The van der Waals surface area contributed by atoms with E-state index in [1.165, 1.54) is 28.0 Å². The molecule has 2 aliphatic rings. The van der Waals surface area contributed by atoms with Crippen molar-refractivity contribution in [1.29, 1.82) is 0 Å². The van der Waals surface area contributed by atoms with Crippen LogP contribution in [-0.2, 0) is 9.53 Å². The Balaban J connectivity index is 1.38. The van der Waals surface area contributed by atoms with Gasteiger partial charge in [-0.25, -0.2) is 4.79 Å². The van der Waals surface area contributed by atoms with Gasteiger partial charge in [0.2, 0.25) is 0 Å². The van der Waals surface area contributed by atoms with E-state index in [1.54, 1.807) is 11.4 Å². The minimum atomic E-state index is -0.539. The van der Waals surface area contributed by atoms with E-state index in [0.717, 1.165) is 10.6 Å². The second-order valence-electron chi connectivity index (χ2n) is 6.15. The van der Waals surface area contributed by atoms with Crippen molar-refractivity contribution in [2.24, 2.45) is 0 Å². The fraction of sp³-hybridized carbons (Fsp3) is 0.278. The van der Waals surface area contributed by atoms with Crippen LogP contribution < -0.4 is 16.0 Å². The Kier molecular flexibility index (Phi) is 5.51. The number of carbonyl (C=O) groups excluding carboxylic acids is 3. The summed E-state index contributed by atoms with van der Waals surface area (Å²) in [7, 11) is 0. The predicted molar refractivity (Wildman–Crippen MR) is 108 cm³/mol. The number of thiophene rings is 1. The van der Waals surface area contributed by atoms with Crippen LogP contribution in [0.25, 0.3) is 0 Å². The maximum absolute atomic E-state index is 12.6. The van der Waals surface area contributed by atoms with E-state index in [2.05, 4.69) is 16.0 Å². The second-order valence-corrected chi connectivity index (χ2v) is 8.21. The smallest absolute Gasteiger partial charge is 0.324 e. The van der Waals surface area contributed by atoms with Gasteiger partial charge in [0, 0.05) is 23.7 Å². The van der Waals surface area contributed by atoms with Gasteiger partial charge in [0.05, 0.1) is 18.8 Å². The van der Waals surface area contributed by atoms with Crippen LogP contribution in [0, 0.1) is 0 Å². The van der Waals surface area contributed by atoms with E-state index < -0.39 is 17.3 Å². The van der Waals surface area contributed by atoms with Crippen LogP contribution >= 0.6 is 23.1 Å². The number of anilines is 2. The van der Waals surface area contributed by atoms with Crippen molar-refractivity contribution in [2.45, 2.75) is 10.3 Å². The standard InChI is InChI=1S/C18H18N4O4S2/c23-14(21-18(25)22-6-8-26-9-7-22)11-5-10-27-16(11)20-15(24)17-19-12-3-1-2-4-13(12)28-17/h1-5,10,17,19H,6-9H2,(H,20,24)(H,21,23,25). The number of imide groups is 1. The number of fused-ring (bicyclic) bond motifs is 1. The Morgan fingerprint density at radius 2 is 1.93 bits per heavy atom. The molecule has 2 aliphatic heterocycles. The Morgan fingerprint density at radius 1 is 1.14 bits per heavy atom. The number of urea groups is 1. The molecule has 0 saturated carbocycles. The van der Waals surface area contributed by atoms with Crippen LogP contribution in [0.15, 0.2) is 40.6 Å². The number of rotatable bonds is 3. The number of carbonyl (C=O) groups is 3. The van der Waals surface area contributed by atoms with E-state index in [1.807, 2.05) is 24.3 Å². The molecule has 1 aromatic heterocycles. The summed E-state index contributed by atoms with van der Waals surface area (Å²) in [6.07, 6.45) is 0. The van der Waals surface area contributed by atoms with Gasteiger partial charge in [0.25, 0.3) is 11.8 Å². The molecule has 1 unspecified atom stereocenters. The van der Waals surface area contributed by atoms with E-state index in [4.69, 9.17) is 4.74 Å². The van der Waals surface area contributed by atoms with Crippen molar-refractivity contribution in [3.63, 3.8) is 0 Å². The van der Waals surface area contributed by atoms with Crippen molar-refractivity contribution >= 4 is 51.6 Å². The van der Waals surface area contributed by atoms with Gasteiger partial charge in [-0.1, -0.05) is 23.9 Å². The minimum absolute atomic E-state index is 0.253. The van der Waals surface area contributed by atoms with Crippen molar-refractivity contribution in [2.75, 3.05) is 36.9 Å².